The normalized spacial score (nSPS) is 14.1. The van der Waals surface area contributed by atoms with Crippen molar-refractivity contribution in [3.05, 3.63) is 71.9 Å². The van der Waals surface area contributed by atoms with Gasteiger partial charge in [0.15, 0.2) is 0 Å². The van der Waals surface area contributed by atoms with Crippen molar-refractivity contribution in [1.29, 1.82) is 0 Å². The van der Waals surface area contributed by atoms with E-state index in [1.165, 1.54) is 24.0 Å². The molecule has 0 saturated heterocycles. The van der Waals surface area contributed by atoms with Gasteiger partial charge in [0.25, 0.3) is 0 Å². The second-order valence-corrected chi connectivity index (χ2v) is 7.01. The number of methoxy groups -OCH3 is 1. The Morgan fingerprint density at radius 3 is 2.56 bits per heavy atom. The smallest absolute Gasteiger partial charge is 0.131 e. The lowest BCUT2D eigenvalue weighted by Crippen LogP contribution is -2.04. The second-order valence-electron chi connectivity index (χ2n) is 6.75. The van der Waals surface area contributed by atoms with E-state index in [0.29, 0.717) is 5.88 Å². The molecule has 138 valence electrons. The molecular formula is C23H23ClN2O. The van der Waals surface area contributed by atoms with E-state index >= 15 is 0 Å². The van der Waals surface area contributed by atoms with Crippen LogP contribution in [0.1, 0.15) is 36.8 Å². The van der Waals surface area contributed by atoms with Crippen molar-refractivity contribution in [2.24, 2.45) is 0 Å². The zero-order valence-corrected chi connectivity index (χ0v) is 16.2. The summed E-state index contributed by atoms with van der Waals surface area (Å²) in [7, 11) is 1.73. The predicted molar refractivity (Wildman–Crippen MR) is 112 cm³/mol. The Kier molecular flexibility index (Phi) is 5.30. The van der Waals surface area contributed by atoms with E-state index in [2.05, 4.69) is 35.4 Å². The summed E-state index contributed by atoms with van der Waals surface area (Å²) in [5, 5.41) is 4.53. The Morgan fingerprint density at radius 1 is 1.04 bits per heavy atom. The van der Waals surface area contributed by atoms with Crippen LogP contribution in [0.3, 0.4) is 0 Å². The van der Waals surface area contributed by atoms with Gasteiger partial charge in [-0.2, -0.15) is 5.10 Å². The van der Waals surface area contributed by atoms with Crippen LogP contribution in [0.5, 0.6) is 5.75 Å². The number of rotatable bonds is 5. The van der Waals surface area contributed by atoms with Gasteiger partial charge in [0.1, 0.15) is 5.75 Å². The molecule has 0 atom stereocenters. The fourth-order valence-corrected chi connectivity index (χ4v) is 4.12. The minimum Gasteiger partial charge on any atom is -0.496 e. The largest absolute Gasteiger partial charge is 0.496 e. The fourth-order valence-electron chi connectivity index (χ4n) is 3.85. The molecule has 4 heteroatoms. The van der Waals surface area contributed by atoms with Crippen molar-refractivity contribution < 1.29 is 4.74 Å². The van der Waals surface area contributed by atoms with Crippen LogP contribution in [0.4, 0.5) is 0 Å². The van der Waals surface area contributed by atoms with Crippen LogP contribution in [-0.4, -0.2) is 16.9 Å². The Bertz CT molecular complexity index is 960. The van der Waals surface area contributed by atoms with Crippen LogP contribution in [0.25, 0.3) is 22.5 Å². The van der Waals surface area contributed by atoms with Crippen molar-refractivity contribution in [2.45, 2.75) is 31.6 Å². The zero-order valence-electron chi connectivity index (χ0n) is 15.5. The highest BCUT2D eigenvalue weighted by atomic mass is 35.5. The lowest BCUT2D eigenvalue weighted by atomic mass is 9.90. The van der Waals surface area contributed by atoms with E-state index in [1.54, 1.807) is 7.11 Å². The monoisotopic (exact) mass is 378 g/mol. The molecule has 0 bridgehead atoms. The molecule has 1 aliphatic carbocycles. The predicted octanol–water partition coefficient (Wildman–Crippen LogP) is 6.24. The van der Waals surface area contributed by atoms with Crippen LogP contribution in [0.15, 0.2) is 60.8 Å². The van der Waals surface area contributed by atoms with Gasteiger partial charge in [-0.05, 0) is 49.5 Å². The summed E-state index contributed by atoms with van der Waals surface area (Å²) in [6.45, 7) is 0. The van der Waals surface area contributed by atoms with Gasteiger partial charge in [0.05, 0.1) is 30.6 Å². The number of para-hydroxylation sites is 1. The molecule has 3 aromatic rings. The standard InChI is InChI=1S/C23H23ClN2O/c1-27-23-19(17-8-4-2-5-9-17)12-13-20(21(23)16-24)22-14-15-25-26(22)18-10-6-3-7-11-18/h3,6-8,10-15H,2,4-5,9,16H2,1H3. The van der Waals surface area contributed by atoms with E-state index in [0.717, 1.165) is 41.1 Å². The van der Waals surface area contributed by atoms with Crippen LogP contribution < -0.4 is 4.74 Å². The lowest BCUT2D eigenvalue weighted by molar-refractivity contribution is 0.410. The van der Waals surface area contributed by atoms with Crippen LogP contribution in [0, 0.1) is 0 Å². The molecule has 3 nitrogen and oxygen atoms in total. The van der Waals surface area contributed by atoms with Crippen LogP contribution >= 0.6 is 11.6 Å². The highest BCUT2D eigenvalue weighted by molar-refractivity contribution is 6.17. The van der Waals surface area contributed by atoms with Gasteiger partial charge in [-0.25, -0.2) is 4.68 Å². The van der Waals surface area contributed by atoms with E-state index in [-0.39, 0.29) is 0 Å². The number of aromatic nitrogens is 2. The maximum Gasteiger partial charge on any atom is 0.131 e. The quantitative estimate of drug-likeness (QED) is 0.491. The van der Waals surface area contributed by atoms with Gasteiger partial charge in [0.2, 0.25) is 0 Å². The summed E-state index contributed by atoms with van der Waals surface area (Å²) in [6, 6.07) is 16.5. The molecule has 0 saturated carbocycles. The lowest BCUT2D eigenvalue weighted by Gasteiger charge is -2.20. The number of hydrogen-bond donors (Lipinski definition) is 0. The Morgan fingerprint density at radius 2 is 1.85 bits per heavy atom. The molecule has 1 aromatic heterocycles. The molecule has 1 aliphatic rings. The van der Waals surface area contributed by atoms with Gasteiger partial charge in [-0.15, -0.1) is 11.6 Å². The van der Waals surface area contributed by atoms with Crippen molar-refractivity contribution in [3.8, 4) is 22.7 Å². The van der Waals surface area contributed by atoms with E-state index in [4.69, 9.17) is 16.3 Å². The Labute approximate surface area is 165 Å². The number of allylic oxidation sites excluding steroid dienone is 2. The van der Waals surface area contributed by atoms with Gasteiger partial charge >= 0.3 is 0 Å². The summed E-state index contributed by atoms with van der Waals surface area (Å²) >= 11 is 6.41. The van der Waals surface area contributed by atoms with Gasteiger partial charge < -0.3 is 4.74 Å². The third-order valence-corrected chi connectivity index (χ3v) is 5.42. The molecule has 27 heavy (non-hydrogen) atoms. The molecule has 0 unspecified atom stereocenters. The number of ether oxygens (including phenoxy) is 1. The molecule has 0 amide bonds. The summed E-state index contributed by atoms with van der Waals surface area (Å²) in [5.41, 5.74) is 6.65. The first-order valence-corrected chi connectivity index (χ1v) is 9.92. The van der Waals surface area contributed by atoms with E-state index in [9.17, 15) is 0 Å². The molecule has 0 radical (unpaired) electrons. The average Bonchev–Trinajstić information content (AvgIpc) is 3.23. The average molecular weight is 379 g/mol. The van der Waals surface area contributed by atoms with Crippen molar-refractivity contribution >= 4 is 17.2 Å². The molecule has 0 aliphatic heterocycles. The number of hydrogen-bond acceptors (Lipinski definition) is 2. The van der Waals surface area contributed by atoms with Gasteiger partial charge in [0, 0.05) is 16.7 Å². The minimum absolute atomic E-state index is 0.388. The summed E-state index contributed by atoms with van der Waals surface area (Å²) in [6.07, 6.45) is 8.89. The van der Waals surface area contributed by atoms with Crippen molar-refractivity contribution in [1.82, 2.24) is 9.78 Å². The van der Waals surface area contributed by atoms with Crippen LogP contribution in [-0.2, 0) is 5.88 Å². The summed E-state index contributed by atoms with van der Waals surface area (Å²) < 4.78 is 7.80. The highest BCUT2D eigenvalue weighted by Crippen LogP contribution is 2.40. The van der Waals surface area contributed by atoms with E-state index < -0.39 is 0 Å². The zero-order chi connectivity index (χ0) is 18.6. The first kappa shape index (κ1) is 17.9. The van der Waals surface area contributed by atoms with Crippen molar-refractivity contribution in [3.63, 3.8) is 0 Å². The third kappa shape index (κ3) is 3.40. The van der Waals surface area contributed by atoms with Gasteiger partial charge in [-0.3, -0.25) is 0 Å². The van der Waals surface area contributed by atoms with Crippen LogP contribution in [0.2, 0.25) is 0 Å². The minimum atomic E-state index is 0.388. The molecule has 2 aromatic carbocycles. The summed E-state index contributed by atoms with van der Waals surface area (Å²) in [5.74, 6) is 1.27. The number of alkyl halides is 1. The fraction of sp³-hybridized carbons (Fsp3) is 0.261. The number of nitrogens with zero attached hydrogens (tertiary/aromatic N) is 2. The topological polar surface area (TPSA) is 27.1 Å². The second kappa shape index (κ2) is 8.01. The first-order valence-electron chi connectivity index (χ1n) is 9.38. The van der Waals surface area contributed by atoms with E-state index in [1.807, 2.05) is 35.1 Å². The molecule has 0 N–H and O–H groups in total. The number of halogens is 1. The maximum atomic E-state index is 6.41. The molecule has 1 heterocycles. The van der Waals surface area contributed by atoms with Gasteiger partial charge in [-0.1, -0.05) is 36.4 Å². The molecular weight excluding hydrogens is 356 g/mol. The Hall–Kier alpha value is -2.52. The number of benzene rings is 2. The summed E-state index contributed by atoms with van der Waals surface area (Å²) in [4.78, 5) is 0. The molecule has 4 rings (SSSR count). The molecule has 0 fully saturated rings. The van der Waals surface area contributed by atoms with Crippen molar-refractivity contribution in [2.75, 3.05) is 7.11 Å². The molecule has 0 spiro atoms. The Balaban J connectivity index is 1.86. The third-order valence-electron chi connectivity index (χ3n) is 5.15. The maximum absolute atomic E-state index is 6.41. The SMILES string of the molecule is COc1c(C2=CCCCC2)ccc(-c2ccnn2-c2ccccc2)c1CCl. The highest BCUT2D eigenvalue weighted by Gasteiger charge is 2.20. The first-order chi connectivity index (χ1) is 13.3.